The second-order valence-electron chi connectivity index (χ2n) is 4.42. The first-order valence-corrected chi connectivity index (χ1v) is 5.96. The molecule has 0 radical (unpaired) electrons. The molecule has 0 rings (SSSR count). The van der Waals surface area contributed by atoms with Gasteiger partial charge in [-0.15, -0.1) is 0 Å². The second-order valence-corrected chi connectivity index (χ2v) is 4.42. The first-order chi connectivity index (χ1) is 7.91. The van der Waals surface area contributed by atoms with Gasteiger partial charge in [-0.2, -0.15) is 0 Å². The predicted octanol–water partition coefficient (Wildman–Crippen LogP) is 1.02. The van der Waals surface area contributed by atoms with Gasteiger partial charge >= 0.3 is 11.9 Å². The van der Waals surface area contributed by atoms with Crippen molar-refractivity contribution in [2.45, 2.75) is 52.6 Å². The lowest BCUT2D eigenvalue weighted by molar-refractivity contribution is -0.173. The maximum absolute atomic E-state index is 11.8. The molecule has 2 N–H and O–H groups in total. The minimum atomic E-state index is -1.65. The molecule has 0 bridgehead atoms. The molecule has 0 aliphatic heterocycles. The summed E-state index contributed by atoms with van der Waals surface area (Å²) in [6, 6.07) is 0. The number of aliphatic hydroxyl groups is 2. The van der Waals surface area contributed by atoms with Crippen LogP contribution >= 0.6 is 0 Å². The van der Waals surface area contributed by atoms with Crippen molar-refractivity contribution in [2.24, 2.45) is 5.41 Å². The zero-order valence-corrected chi connectivity index (χ0v) is 10.7. The Morgan fingerprint density at radius 3 is 2.35 bits per heavy atom. The van der Waals surface area contributed by atoms with Crippen LogP contribution < -0.4 is 0 Å². The molecule has 0 saturated carbocycles. The third-order valence-electron chi connectivity index (χ3n) is 2.99. The van der Waals surface area contributed by atoms with Gasteiger partial charge in [0.1, 0.15) is 0 Å². The monoisotopic (exact) mass is 246 g/mol. The van der Waals surface area contributed by atoms with Crippen LogP contribution in [-0.4, -0.2) is 34.9 Å². The molecular weight excluding hydrogens is 224 g/mol. The summed E-state index contributed by atoms with van der Waals surface area (Å²) in [7, 11) is 0. The molecule has 100 valence electrons. The summed E-state index contributed by atoms with van der Waals surface area (Å²) in [5, 5.41) is 17.6. The number of hydrogen-bond acceptors (Lipinski definition) is 5. The van der Waals surface area contributed by atoms with Crippen LogP contribution in [0.25, 0.3) is 0 Å². The summed E-state index contributed by atoms with van der Waals surface area (Å²) in [6.07, 6.45) is 1.38. The third kappa shape index (κ3) is 4.83. The summed E-state index contributed by atoms with van der Waals surface area (Å²) in [5.74, 6) is -1.72. The minimum Gasteiger partial charge on any atom is -0.393 e. The average Bonchev–Trinajstić information content (AvgIpc) is 2.34. The molecule has 0 aromatic rings. The molecule has 2 atom stereocenters. The zero-order valence-electron chi connectivity index (χ0n) is 10.7. The molecule has 0 saturated heterocycles. The topological polar surface area (TPSA) is 83.8 Å². The Morgan fingerprint density at radius 2 is 1.94 bits per heavy atom. The number of unbranched alkanes of at least 4 members (excludes halogenated alkanes) is 1. The molecule has 0 aliphatic carbocycles. The highest BCUT2D eigenvalue weighted by Gasteiger charge is 2.35. The normalized spacial score (nSPS) is 16.1. The van der Waals surface area contributed by atoms with E-state index in [1.54, 1.807) is 6.92 Å². The highest BCUT2D eigenvalue weighted by Crippen LogP contribution is 2.29. The number of esters is 2. The van der Waals surface area contributed by atoms with Gasteiger partial charge in [-0.3, -0.25) is 4.79 Å². The quantitative estimate of drug-likeness (QED) is 0.517. The lowest BCUT2D eigenvalue weighted by atomic mass is 9.82. The van der Waals surface area contributed by atoms with Gasteiger partial charge in [0.2, 0.25) is 0 Å². The van der Waals surface area contributed by atoms with Gasteiger partial charge in [-0.05, 0) is 19.8 Å². The van der Waals surface area contributed by atoms with Crippen molar-refractivity contribution in [3.05, 3.63) is 0 Å². The fraction of sp³-hybridized carbons (Fsp3) is 0.833. The number of hydrogen-bond donors (Lipinski definition) is 2. The van der Waals surface area contributed by atoms with E-state index < -0.39 is 30.1 Å². The van der Waals surface area contributed by atoms with Gasteiger partial charge in [0, 0.05) is 0 Å². The first-order valence-electron chi connectivity index (χ1n) is 5.96. The van der Waals surface area contributed by atoms with Crippen molar-refractivity contribution in [3.8, 4) is 0 Å². The molecule has 5 nitrogen and oxygen atoms in total. The SMILES string of the molecule is CCCCC(C)(CC)C(=O)OC(=O)C(O)CO. The van der Waals surface area contributed by atoms with E-state index in [0.717, 1.165) is 12.8 Å². The van der Waals surface area contributed by atoms with Crippen LogP contribution in [0.15, 0.2) is 0 Å². The summed E-state index contributed by atoms with van der Waals surface area (Å²) < 4.78 is 4.57. The molecule has 0 fully saturated rings. The maximum Gasteiger partial charge on any atom is 0.345 e. The van der Waals surface area contributed by atoms with Gasteiger partial charge < -0.3 is 14.9 Å². The van der Waals surface area contributed by atoms with E-state index in [-0.39, 0.29) is 0 Å². The Hall–Kier alpha value is -0.940. The summed E-state index contributed by atoms with van der Waals surface area (Å²) in [5.41, 5.74) is -0.707. The van der Waals surface area contributed by atoms with E-state index in [1.165, 1.54) is 0 Å². The van der Waals surface area contributed by atoms with E-state index in [4.69, 9.17) is 10.2 Å². The molecule has 0 aromatic heterocycles. The number of carbonyl (C=O) groups excluding carboxylic acids is 2. The average molecular weight is 246 g/mol. The van der Waals surface area contributed by atoms with Crippen molar-refractivity contribution in [2.75, 3.05) is 6.61 Å². The highest BCUT2D eigenvalue weighted by molar-refractivity contribution is 5.90. The Bertz CT molecular complexity index is 264. The van der Waals surface area contributed by atoms with Crippen molar-refractivity contribution >= 4 is 11.9 Å². The Morgan fingerprint density at radius 1 is 1.35 bits per heavy atom. The fourth-order valence-electron chi connectivity index (χ4n) is 1.35. The van der Waals surface area contributed by atoms with Crippen LogP contribution in [0.2, 0.25) is 0 Å². The smallest absolute Gasteiger partial charge is 0.345 e. The van der Waals surface area contributed by atoms with Crippen LogP contribution in [0.5, 0.6) is 0 Å². The van der Waals surface area contributed by atoms with Gasteiger partial charge in [0.05, 0.1) is 12.0 Å². The van der Waals surface area contributed by atoms with Gasteiger partial charge in [-0.1, -0.05) is 26.7 Å². The molecule has 0 spiro atoms. The predicted molar refractivity (Wildman–Crippen MR) is 62.1 cm³/mol. The molecule has 2 unspecified atom stereocenters. The molecule has 0 amide bonds. The van der Waals surface area contributed by atoms with Crippen LogP contribution in [0.3, 0.4) is 0 Å². The van der Waals surface area contributed by atoms with Crippen molar-refractivity contribution in [1.82, 2.24) is 0 Å². The van der Waals surface area contributed by atoms with E-state index in [2.05, 4.69) is 4.74 Å². The molecule has 0 aliphatic rings. The molecule has 17 heavy (non-hydrogen) atoms. The molecular formula is C12H22O5. The second kappa shape index (κ2) is 7.40. The number of ether oxygens (including phenoxy) is 1. The Balaban J connectivity index is 4.49. The van der Waals surface area contributed by atoms with Crippen LogP contribution in [0.1, 0.15) is 46.5 Å². The molecule has 0 aromatic carbocycles. The van der Waals surface area contributed by atoms with E-state index in [9.17, 15) is 9.59 Å². The summed E-state index contributed by atoms with van der Waals surface area (Å²) in [6.45, 7) is 4.86. The summed E-state index contributed by atoms with van der Waals surface area (Å²) >= 11 is 0. The zero-order chi connectivity index (χ0) is 13.5. The fourth-order valence-corrected chi connectivity index (χ4v) is 1.35. The van der Waals surface area contributed by atoms with E-state index in [0.29, 0.717) is 12.8 Å². The number of aliphatic hydroxyl groups excluding tert-OH is 2. The minimum absolute atomic E-state index is 0.564. The third-order valence-corrected chi connectivity index (χ3v) is 2.99. The summed E-state index contributed by atoms with van der Waals surface area (Å²) in [4.78, 5) is 23.0. The number of carbonyl (C=O) groups is 2. The largest absolute Gasteiger partial charge is 0.393 e. The maximum atomic E-state index is 11.8. The van der Waals surface area contributed by atoms with Gasteiger partial charge in [0.15, 0.2) is 6.10 Å². The van der Waals surface area contributed by atoms with Crippen LogP contribution in [-0.2, 0) is 14.3 Å². The standard InChI is InChI=1S/C12H22O5/c1-4-6-7-12(3,5-2)11(16)17-10(15)9(14)8-13/h9,13-14H,4-8H2,1-3H3. The Kier molecular flexibility index (Phi) is 6.99. The van der Waals surface area contributed by atoms with E-state index in [1.807, 2.05) is 13.8 Å². The Labute approximate surface area is 102 Å². The first kappa shape index (κ1) is 16.1. The van der Waals surface area contributed by atoms with E-state index >= 15 is 0 Å². The van der Waals surface area contributed by atoms with Crippen molar-refractivity contribution < 1.29 is 24.5 Å². The number of rotatable bonds is 7. The van der Waals surface area contributed by atoms with Crippen LogP contribution in [0.4, 0.5) is 0 Å². The molecule has 5 heteroatoms. The van der Waals surface area contributed by atoms with Gasteiger partial charge in [0.25, 0.3) is 0 Å². The van der Waals surface area contributed by atoms with Crippen molar-refractivity contribution in [3.63, 3.8) is 0 Å². The molecule has 0 heterocycles. The van der Waals surface area contributed by atoms with Gasteiger partial charge in [-0.25, -0.2) is 4.79 Å². The van der Waals surface area contributed by atoms with Crippen LogP contribution in [0, 0.1) is 5.41 Å². The van der Waals surface area contributed by atoms with Crippen molar-refractivity contribution in [1.29, 1.82) is 0 Å². The lowest BCUT2D eigenvalue weighted by Crippen LogP contribution is -2.36. The highest BCUT2D eigenvalue weighted by atomic mass is 16.6. The lowest BCUT2D eigenvalue weighted by Gasteiger charge is -2.25.